The van der Waals surface area contributed by atoms with Crippen molar-refractivity contribution in [3.05, 3.63) is 12.7 Å². The predicted molar refractivity (Wildman–Crippen MR) is 27.8 cm³/mol. The molecule has 0 aromatic heterocycles. The second-order valence-corrected chi connectivity index (χ2v) is 0.606. The van der Waals surface area contributed by atoms with Crippen molar-refractivity contribution in [3.63, 3.8) is 0 Å². The first kappa shape index (κ1) is 15.6. The van der Waals surface area contributed by atoms with Crippen LogP contribution in [0.5, 0.6) is 0 Å². The monoisotopic (exact) mass is 131 g/mol. The Balaban J connectivity index is -0.0000000267. The molecular weight excluding hydrogens is 124 g/mol. The Bertz CT molecular complexity index is 70.3. The average molecular weight is 132 g/mol. The molecule has 0 saturated carbocycles. The van der Waals surface area contributed by atoms with Crippen LogP contribution in [0.1, 0.15) is 1.43 Å². The smallest absolute Gasteiger partial charge is 1.00 e. The van der Waals surface area contributed by atoms with Gasteiger partial charge in [-0.25, -0.2) is 0 Å². The summed E-state index contributed by atoms with van der Waals surface area (Å²) in [6, 6.07) is 0. The second kappa shape index (κ2) is 9.71. The van der Waals surface area contributed by atoms with Crippen LogP contribution in [0.25, 0.3) is 0 Å². The average Bonchev–Trinajstić information content (AvgIpc) is 1.38. The van der Waals surface area contributed by atoms with Crippen molar-refractivity contribution in [2.24, 2.45) is 5.73 Å². The largest absolute Gasteiger partial charge is 1.00 e. The summed E-state index contributed by atoms with van der Waals surface area (Å²) >= 11 is 0. The van der Waals surface area contributed by atoms with Gasteiger partial charge in [0.25, 0.3) is 0 Å². The van der Waals surface area contributed by atoms with E-state index in [0.29, 0.717) is 0 Å². The van der Waals surface area contributed by atoms with E-state index in [0.717, 1.165) is 6.08 Å². The van der Waals surface area contributed by atoms with E-state index >= 15 is 0 Å². The molecule has 7 heavy (non-hydrogen) atoms. The molecule has 0 aromatic rings. The topological polar surface area (TPSA) is 43.1 Å². The minimum absolute atomic E-state index is 0. The van der Waals surface area contributed by atoms with Crippen LogP contribution in [0.2, 0.25) is 0 Å². The predicted octanol–water partition coefficient (Wildman–Crippen LogP) is -2.80. The SMILES string of the molecule is C=CC(N)=O.Cl.[H-].[Na+]. The Labute approximate surface area is 72.3 Å². The van der Waals surface area contributed by atoms with Gasteiger partial charge >= 0.3 is 29.6 Å². The summed E-state index contributed by atoms with van der Waals surface area (Å²) in [7, 11) is 0. The van der Waals surface area contributed by atoms with Crippen molar-refractivity contribution in [2.45, 2.75) is 0 Å². The maximum Gasteiger partial charge on any atom is 1.00 e. The third kappa shape index (κ3) is 21.1. The van der Waals surface area contributed by atoms with Gasteiger partial charge in [0.15, 0.2) is 0 Å². The molecule has 0 radical (unpaired) electrons. The van der Waals surface area contributed by atoms with Gasteiger partial charge in [0.2, 0.25) is 5.91 Å². The Morgan fingerprint density at radius 3 is 2.00 bits per heavy atom. The fourth-order valence-electron chi connectivity index (χ4n) is 0. The normalized spacial score (nSPS) is 4.57. The molecule has 4 heteroatoms. The Morgan fingerprint density at radius 2 is 2.00 bits per heavy atom. The summed E-state index contributed by atoms with van der Waals surface area (Å²) in [4.78, 5) is 9.47. The van der Waals surface area contributed by atoms with Crippen molar-refractivity contribution in [1.82, 2.24) is 0 Å². The molecule has 0 aromatic carbocycles. The summed E-state index contributed by atoms with van der Waals surface area (Å²) in [5.41, 5.74) is 4.53. The minimum Gasteiger partial charge on any atom is -1.00 e. The maximum absolute atomic E-state index is 9.47. The van der Waals surface area contributed by atoms with Crippen molar-refractivity contribution in [2.75, 3.05) is 0 Å². The van der Waals surface area contributed by atoms with E-state index < -0.39 is 5.91 Å². The molecule has 0 aliphatic carbocycles. The van der Waals surface area contributed by atoms with E-state index in [9.17, 15) is 4.79 Å². The van der Waals surface area contributed by atoms with Crippen LogP contribution in [0, 0.1) is 0 Å². The van der Waals surface area contributed by atoms with Crippen LogP contribution in [0.15, 0.2) is 12.7 Å². The molecule has 0 aliphatic rings. The van der Waals surface area contributed by atoms with Crippen molar-refractivity contribution in [1.29, 1.82) is 0 Å². The zero-order chi connectivity index (χ0) is 4.28. The Morgan fingerprint density at radius 1 is 1.86 bits per heavy atom. The summed E-state index contributed by atoms with van der Waals surface area (Å²) in [6.45, 7) is 3.09. The minimum atomic E-state index is -0.481. The number of nitrogens with two attached hydrogens (primary N) is 1. The van der Waals surface area contributed by atoms with Crippen LogP contribution in [0.3, 0.4) is 0 Å². The van der Waals surface area contributed by atoms with E-state index in [1.807, 2.05) is 0 Å². The van der Waals surface area contributed by atoms with Crippen LogP contribution in [-0.4, -0.2) is 5.91 Å². The van der Waals surface area contributed by atoms with Gasteiger partial charge in [0.05, 0.1) is 0 Å². The summed E-state index contributed by atoms with van der Waals surface area (Å²) in [6.07, 6.45) is 1.06. The van der Waals surface area contributed by atoms with Crippen molar-refractivity contribution < 1.29 is 35.8 Å². The van der Waals surface area contributed by atoms with E-state index in [-0.39, 0.29) is 43.4 Å². The molecular formula is C3H7ClNNaO. The Hall–Kier alpha value is 0.500. The van der Waals surface area contributed by atoms with Crippen molar-refractivity contribution >= 4 is 18.3 Å². The molecule has 0 saturated heterocycles. The number of carbonyl (C=O) groups excluding carboxylic acids is 1. The zero-order valence-electron chi connectivity index (χ0n) is 5.18. The van der Waals surface area contributed by atoms with Gasteiger partial charge in [-0.15, -0.1) is 12.4 Å². The third-order valence-corrected chi connectivity index (χ3v) is 0.201. The maximum atomic E-state index is 9.47. The number of hydrogen-bond donors (Lipinski definition) is 1. The molecule has 0 rings (SSSR count). The number of carbonyl (C=O) groups is 1. The van der Waals surface area contributed by atoms with Gasteiger partial charge in [-0.1, -0.05) is 6.58 Å². The van der Waals surface area contributed by atoms with Gasteiger partial charge in [-0.05, 0) is 6.08 Å². The number of amides is 1. The molecule has 0 atom stereocenters. The van der Waals surface area contributed by atoms with Gasteiger partial charge in [-0.2, -0.15) is 0 Å². The summed E-state index contributed by atoms with van der Waals surface area (Å²) < 4.78 is 0. The quantitative estimate of drug-likeness (QED) is 0.303. The van der Waals surface area contributed by atoms with Gasteiger partial charge in [-0.3, -0.25) is 4.79 Å². The van der Waals surface area contributed by atoms with Gasteiger partial charge in [0.1, 0.15) is 0 Å². The first-order chi connectivity index (χ1) is 2.27. The number of halogens is 1. The third-order valence-electron chi connectivity index (χ3n) is 0.201. The number of primary amides is 1. The van der Waals surface area contributed by atoms with Crippen molar-refractivity contribution in [3.8, 4) is 0 Å². The first-order valence-corrected chi connectivity index (χ1v) is 1.19. The molecule has 0 aliphatic heterocycles. The zero-order valence-corrected chi connectivity index (χ0v) is 6.99. The van der Waals surface area contributed by atoms with E-state index in [2.05, 4.69) is 12.3 Å². The van der Waals surface area contributed by atoms with Crippen LogP contribution in [-0.2, 0) is 4.79 Å². The first-order valence-electron chi connectivity index (χ1n) is 1.19. The van der Waals surface area contributed by atoms with Crippen LogP contribution in [0.4, 0.5) is 0 Å². The Kier molecular flexibility index (Phi) is 21.7. The molecule has 0 heterocycles. The van der Waals surface area contributed by atoms with Crippen LogP contribution < -0.4 is 35.3 Å². The van der Waals surface area contributed by atoms with Crippen LogP contribution >= 0.6 is 12.4 Å². The summed E-state index contributed by atoms with van der Waals surface area (Å²) in [5, 5.41) is 0. The second-order valence-electron chi connectivity index (χ2n) is 0.606. The summed E-state index contributed by atoms with van der Waals surface area (Å²) in [5.74, 6) is -0.481. The number of hydrogen-bond acceptors (Lipinski definition) is 1. The molecule has 0 bridgehead atoms. The van der Waals surface area contributed by atoms with E-state index in [1.54, 1.807) is 0 Å². The molecule has 2 nitrogen and oxygen atoms in total. The molecule has 2 N–H and O–H groups in total. The van der Waals surface area contributed by atoms with E-state index in [1.165, 1.54) is 0 Å². The standard InChI is InChI=1S/C3H5NO.ClH.Na.H/c1-2-3(4)5;;;/h2H,1H2,(H2,4,5);1H;;/q;;+1;-1. The molecule has 0 unspecified atom stereocenters. The van der Waals surface area contributed by atoms with Gasteiger partial charge < -0.3 is 7.16 Å². The molecule has 1 amide bonds. The van der Waals surface area contributed by atoms with Gasteiger partial charge in [0, 0.05) is 0 Å². The fraction of sp³-hybridized carbons (Fsp3) is 0. The molecule has 0 fully saturated rings. The molecule has 38 valence electrons. The fourth-order valence-corrected chi connectivity index (χ4v) is 0. The van der Waals surface area contributed by atoms with E-state index in [4.69, 9.17) is 0 Å². The molecule has 0 spiro atoms. The number of rotatable bonds is 1.